The van der Waals surface area contributed by atoms with Crippen LogP contribution in [0, 0.1) is 20.8 Å². The zero-order chi connectivity index (χ0) is 13.1. The summed E-state index contributed by atoms with van der Waals surface area (Å²) in [4.78, 5) is 4.36. The highest BCUT2D eigenvalue weighted by Crippen LogP contribution is 2.25. The van der Waals surface area contributed by atoms with E-state index in [2.05, 4.69) is 18.0 Å². The van der Waals surface area contributed by atoms with Gasteiger partial charge in [-0.1, -0.05) is 17.7 Å². The number of hydrogen-bond donors (Lipinski definition) is 1. The van der Waals surface area contributed by atoms with Crippen LogP contribution in [-0.4, -0.2) is 4.98 Å². The summed E-state index contributed by atoms with van der Waals surface area (Å²) in [5.41, 5.74) is 9.92. The molecule has 0 bridgehead atoms. The number of ether oxygens (including phenoxy) is 1. The molecule has 0 fully saturated rings. The lowest BCUT2D eigenvalue weighted by molar-refractivity contribution is 0.457. The van der Waals surface area contributed by atoms with Crippen molar-refractivity contribution < 1.29 is 4.74 Å². The van der Waals surface area contributed by atoms with Gasteiger partial charge in [-0.15, -0.1) is 0 Å². The van der Waals surface area contributed by atoms with Crippen LogP contribution < -0.4 is 10.5 Å². The molecule has 1 heterocycles. The van der Waals surface area contributed by atoms with E-state index >= 15 is 0 Å². The van der Waals surface area contributed by atoms with E-state index in [9.17, 15) is 0 Å². The molecule has 2 aromatic rings. The fraction of sp³-hybridized carbons (Fsp3) is 0.267. The van der Waals surface area contributed by atoms with Gasteiger partial charge in [-0.2, -0.15) is 0 Å². The van der Waals surface area contributed by atoms with Gasteiger partial charge in [0.2, 0.25) is 5.88 Å². The Labute approximate surface area is 108 Å². The smallest absolute Gasteiger partial charge is 0.219 e. The topological polar surface area (TPSA) is 48.1 Å². The molecular weight excluding hydrogens is 224 g/mol. The average Bonchev–Trinajstić information content (AvgIpc) is 2.32. The Bertz CT molecular complexity index is 564. The van der Waals surface area contributed by atoms with Gasteiger partial charge in [0.1, 0.15) is 5.75 Å². The van der Waals surface area contributed by atoms with Gasteiger partial charge in [-0.3, -0.25) is 0 Å². The molecule has 2 N–H and O–H groups in total. The van der Waals surface area contributed by atoms with Gasteiger partial charge in [0.05, 0.1) is 0 Å². The molecule has 2 rings (SSSR count). The van der Waals surface area contributed by atoms with Gasteiger partial charge in [0.15, 0.2) is 0 Å². The molecular formula is C15H18N2O. The second-order valence-electron chi connectivity index (χ2n) is 4.53. The van der Waals surface area contributed by atoms with E-state index in [1.54, 1.807) is 0 Å². The Balaban J connectivity index is 2.30. The third kappa shape index (κ3) is 2.87. The van der Waals surface area contributed by atoms with Gasteiger partial charge in [-0.25, -0.2) is 4.98 Å². The molecule has 0 aliphatic carbocycles. The molecule has 0 unspecified atom stereocenters. The number of pyridine rings is 1. The highest BCUT2D eigenvalue weighted by Gasteiger charge is 2.04. The van der Waals surface area contributed by atoms with Crippen molar-refractivity contribution >= 4 is 0 Å². The minimum absolute atomic E-state index is 0.493. The van der Waals surface area contributed by atoms with Crippen molar-refractivity contribution in [3.63, 3.8) is 0 Å². The van der Waals surface area contributed by atoms with Gasteiger partial charge in [-0.05, 0) is 44.0 Å². The van der Waals surface area contributed by atoms with E-state index < -0.39 is 0 Å². The molecule has 0 spiro atoms. The van der Waals surface area contributed by atoms with E-state index in [1.165, 1.54) is 5.56 Å². The van der Waals surface area contributed by atoms with Crippen molar-refractivity contribution in [1.82, 2.24) is 4.98 Å². The number of nitrogens with two attached hydrogens (primary N) is 1. The Morgan fingerprint density at radius 2 is 1.89 bits per heavy atom. The quantitative estimate of drug-likeness (QED) is 0.898. The van der Waals surface area contributed by atoms with Crippen LogP contribution >= 0.6 is 0 Å². The molecule has 0 amide bonds. The van der Waals surface area contributed by atoms with Crippen LogP contribution in [0.1, 0.15) is 22.4 Å². The maximum absolute atomic E-state index is 5.82. The first-order chi connectivity index (χ1) is 8.58. The second-order valence-corrected chi connectivity index (χ2v) is 4.53. The number of rotatable bonds is 3. The predicted molar refractivity (Wildman–Crippen MR) is 72.9 cm³/mol. The van der Waals surface area contributed by atoms with Crippen LogP contribution in [0.25, 0.3) is 0 Å². The monoisotopic (exact) mass is 242 g/mol. The van der Waals surface area contributed by atoms with Crippen LogP contribution in [0.15, 0.2) is 30.3 Å². The average molecular weight is 242 g/mol. The largest absolute Gasteiger partial charge is 0.439 e. The Hall–Kier alpha value is -1.87. The van der Waals surface area contributed by atoms with Crippen molar-refractivity contribution in [3.05, 3.63) is 52.7 Å². The summed E-state index contributed by atoms with van der Waals surface area (Å²) >= 11 is 0. The Morgan fingerprint density at radius 1 is 1.11 bits per heavy atom. The van der Waals surface area contributed by atoms with Crippen molar-refractivity contribution in [1.29, 1.82) is 0 Å². The molecule has 18 heavy (non-hydrogen) atoms. The third-order valence-corrected chi connectivity index (χ3v) is 2.77. The lowest BCUT2D eigenvalue weighted by Gasteiger charge is -2.10. The number of nitrogens with zero attached hydrogens (tertiary/aromatic N) is 1. The summed E-state index contributed by atoms with van der Waals surface area (Å²) in [6.45, 7) is 6.52. The van der Waals surface area contributed by atoms with E-state index in [-0.39, 0.29) is 0 Å². The van der Waals surface area contributed by atoms with Crippen LogP contribution in [0.5, 0.6) is 11.6 Å². The molecule has 0 saturated carbocycles. The van der Waals surface area contributed by atoms with Crippen molar-refractivity contribution in [2.45, 2.75) is 27.3 Å². The van der Waals surface area contributed by atoms with Crippen LogP contribution in [0.2, 0.25) is 0 Å². The van der Waals surface area contributed by atoms with Crippen LogP contribution in [0.3, 0.4) is 0 Å². The van der Waals surface area contributed by atoms with Crippen molar-refractivity contribution in [3.8, 4) is 11.6 Å². The maximum atomic E-state index is 5.82. The molecule has 0 atom stereocenters. The first-order valence-electron chi connectivity index (χ1n) is 6.01. The summed E-state index contributed by atoms with van der Waals surface area (Å²) in [5, 5.41) is 0. The Morgan fingerprint density at radius 3 is 2.56 bits per heavy atom. The summed E-state index contributed by atoms with van der Waals surface area (Å²) in [5.74, 6) is 1.43. The standard InChI is InChI=1S/C15H18N2O/c1-10-4-5-14(11(2)6-10)18-15-8-13(9-16)7-12(3)17-15/h4-8H,9,16H2,1-3H3. The van der Waals surface area contributed by atoms with Crippen LogP contribution in [0.4, 0.5) is 0 Å². The van der Waals surface area contributed by atoms with Gasteiger partial charge in [0.25, 0.3) is 0 Å². The Kier molecular flexibility index (Phi) is 3.63. The van der Waals surface area contributed by atoms with E-state index in [0.29, 0.717) is 12.4 Å². The van der Waals surface area contributed by atoms with E-state index in [4.69, 9.17) is 10.5 Å². The molecule has 1 aromatic carbocycles. The lowest BCUT2D eigenvalue weighted by atomic mass is 10.1. The van der Waals surface area contributed by atoms with Crippen molar-refractivity contribution in [2.24, 2.45) is 5.73 Å². The first-order valence-corrected chi connectivity index (χ1v) is 6.01. The van der Waals surface area contributed by atoms with E-state index in [0.717, 1.165) is 22.6 Å². The summed E-state index contributed by atoms with van der Waals surface area (Å²) in [7, 11) is 0. The normalized spacial score (nSPS) is 10.4. The molecule has 0 aliphatic heterocycles. The zero-order valence-electron chi connectivity index (χ0n) is 11.0. The third-order valence-electron chi connectivity index (χ3n) is 2.77. The summed E-state index contributed by atoms with van der Waals surface area (Å²) in [6, 6.07) is 9.94. The highest BCUT2D eigenvalue weighted by molar-refractivity contribution is 5.38. The summed E-state index contributed by atoms with van der Waals surface area (Å²) in [6.07, 6.45) is 0. The molecule has 0 saturated heterocycles. The number of aryl methyl sites for hydroxylation is 3. The molecule has 0 aliphatic rings. The molecule has 3 heteroatoms. The van der Waals surface area contributed by atoms with Gasteiger partial charge in [0, 0.05) is 18.3 Å². The lowest BCUT2D eigenvalue weighted by Crippen LogP contribution is -1.99. The maximum Gasteiger partial charge on any atom is 0.219 e. The minimum atomic E-state index is 0.493. The zero-order valence-corrected chi connectivity index (χ0v) is 11.0. The van der Waals surface area contributed by atoms with Gasteiger partial charge < -0.3 is 10.5 Å². The number of aromatic nitrogens is 1. The van der Waals surface area contributed by atoms with Crippen molar-refractivity contribution in [2.75, 3.05) is 0 Å². The highest BCUT2D eigenvalue weighted by atomic mass is 16.5. The predicted octanol–water partition coefficient (Wildman–Crippen LogP) is 3.26. The first kappa shape index (κ1) is 12.6. The fourth-order valence-corrected chi connectivity index (χ4v) is 1.90. The van der Waals surface area contributed by atoms with E-state index in [1.807, 2.05) is 38.1 Å². The molecule has 94 valence electrons. The number of benzene rings is 1. The fourth-order valence-electron chi connectivity index (χ4n) is 1.90. The SMILES string of the molecule is Cc1ccc(Oc2cc(CN)cc(C)n2)c(C)c1. The van der Waals surface area contributed by atoms with Gasteiger partial charge >= 0.3 is 0 Å². The second kappa shape index (κ2) is 5.19. The minimum Gasteiger partial charge on any atom is -0.439 e. The molecule has 3 nitrogen and oxygen atoms in total. The van der Waals surface area contributed by atoms with Crippen LogP contribution in [-0.2, 0) is 6.54 Å². The molecule has 1 aromatic heterocycles. The molecule has 0 radical (unpaired) electrons. The number of hydrogen-bond acceptors (Lipinski definition) is 3. The summed E-state index contributed by atoms with van der Waals surface area (Å²) < 4.78 is 5.82.